The molecule has 0 radical (unpaired) electrons. The van der Waals surface area contributed by atoms with E-state index in [2.05, 4.69) is 26.0 Å². The highest BCUT2D eigenvalue weighted by atomic mass is 16.4. The summed E-state index contributed by atoms with van der Waals surface area (Å²) in [5, 5.41) is 18.5. The van der Waals surface area contributed by atoms with Crippen molar-refractivity contribution < 1.29 is 19.8 Å². The number of carboxylic acid groups (broad SMARTS) is 2. The molecule has 29 heavy (non-hydrogen) atoms. The molecule has 1 aliphatic carbocycles. The molecule has 1 fully saturated rings. The minimum Gasteiger partial charge on any atom is -0.481 e. The largest absolute Gasteiger partial charge is 0.481 e. The Morgan fingerprint density at radius 3 is 2.21 bits per heavy atom. The molecule has 4 nitrogen and oxygen atoms in total. The molecule has 4 heteroatoms. The molecule has 1 aromatic rings. The highest BCUT2D eigenvalue weighted by molar-refractivity contribution is 5.77. The first kappa shape index (κ1) is 23.4. The second-order valence-corrected chi connectivity index (χ2v) is 9.69. The molecule has 1 aromatic carbocycles. The Kier molecular flexibility index (Phi) is 7.90. The van der Waals surface area contributed by atoms with Gasteiger partial charge in [0.2, 0.25) is 0 Å². The van der Waals surface area contributed by atoms with Crippen molar-refractivity contribution in [2.24, 2.45) is 10.8 Å². The quantitative estimate of drug-likeness (QED) is 0.391. The van der Waals surface area contributed by atoms with E-state index in [9.17, 15) is 19.8 Å². The van der Waals surface area contributed by atoms with Crippen molar-refractivity contribution in [3.8, 4) is 0 Å². The zero-order valence-electron chi connectivity index (χ0n) is 18.6. The maximum atomic E-state index is 11.3. The summed E-state index contributed by atoms with van der Waals surface area (Å²) < 4.78 is 0. The summed E-state index contributed by atoms with van der Waals surface area (Å²) in [5.41, 5.74) is 4.50. The monoisotopic (exact) mass is 402 g/mol. The van der Waals surface area contributed by atoms with Gasteiger partial charge in [0.05, 0.1) is 10.8 Å². The van der Waals surface area contributed by atoms with Crippen molar-refractivity contribution in [1.29, 1.82) is 0 Å². The van der Waals surface area contributed by atoms with E-state index >= 15 is 0 Å². The lowest BCUT2D eigenvalue weighted by Crippen LogP contribution is -2.23. The first-order valence-corrected chi connectivity index (χ1v) is 11.1. The first-order valence-electron chi connectivity index (χ1n) is 11.1. The number of aryl methyl sites for hydroxylation is 2. The lowest BCUT2D eigenvalue weighted by molar-refractivity contribution is -0.147. The molecule has 2 N–H and O–H groups in total. The number of carbonyl (C=O) groups is 2. The summed E-state index contributed by atoms with van der Waals surface area (Å²) >= 11 is 0. The molecule has 0 bridgehead atoms. The van der Waals surface area contributed by atoms with Gasteiger partial charge in [-0.25, -0.2) is 0 Å². The van der Waals surface area contributed by atoms with Crippen molar-refractivity contribution in [1.82, 2.24) is 0 Å². The Bertz CT molecular complexity index is 729. The zero-order chi connectivity index (χ0) is 21.7. The van der Waals surface area contributed by atoms with Gasteiger partial charge in [0.15, 0.2) is 0 Å². The van der Waals surface area contributed by atoms with Crippen LogP contribution in [0.5, 0.6) is 0 Å². The highest BCUT2D eigenvalue weighted by Crippen LogP contribution is 2.50. The van der Waals surface area contributed by atoms with Crippen LogP contribution in [0.4, 0.5) is 0 Å². The van der Waals surface area contributed by atoms with Crippen molar-refractivity contribution in [3.05, 3.63) is 34.4 Å². The average molecular weight is 403 g/mol. The molecule has 0 amide bonds. The number of benzene rings is 1. The summed E-state index contributed by atoms with van der Waals surface area (Å²) in [6, 6.07) is 4.45. The van der Waals surface area contributed by atoms with E-state index < -0.39 is 22.8 Å². The Morgan fingerprint density at radius 1 is 0.966 bits per heavy atom. The number of unbranched alkanes of at least 4 members (excludes halogenated alkanes) is 3. The molecule has 0 saturated heterocycles. The van der Waals surface area contributed by atoms with Crippen LogP contribution in [0.1, 0.15) is 93.9 Å². The number of hydrogen-bond donors (Lipinski definition) is 2. The van der Waals surface area contributed by atoms with Crippen LogP contribution in [0.25, 0.3) is 0 Å². The normalized spacial score (nSPS) is 15.3. The van der Waals surface area contributed by atoms with Crippen LogP contribution in [0.15, 0.2) is 12.1 Å². The topological polar surface area (TPSA) is 74.6 Å². The van der Waals surface area contributed by atoms with Crippen LogP contribution < -0.4 is 0 Å². The summed E-state index contributed by atoms with van der Waals surface area (Å²) in [6.45, 7) is 7.98. The molecule has 0 spiro atoms. The van der Waals surface area contributed by atoms with Crippen LogP contribution in [-0.4, -0.2) is 22.2 Å². The van der Waals surface area contributed by atoms with Gasteiger partial charge in [0, 0.05) is 0 Å². The van der Waals surface area contributed by atoms with E-state index in [1.165, 1.54) is 22.3 Å². The van der Waals surface area contributed by atoms with E-state index in [1.807, 2.05) is 0 Å². The zero-order valence-corrected chi connectivity index (χ0v) is 18.6. The van der Waals surface area contributed by atoms with Crippen molar-refractivity contribution in [2.75, 3.05) is 0 Å². The summed E-state index contributed by atoms with van der Waals surface area (Å²) in [7, 11) is 0. The number of rotatable bonds is 13. The van der Waals surface area contributed by atoms with E-state index in [1.54, 1.807) is 13.8 Å². The third-order valence-corrected chi connectivity index (χ3v) is 6.91. The van der Waals surface area contributed by atoms with Crippen LogP contribution >= 0.6 is 0 Å². The fourth-order valence-corrected chi connectivity index (χ4v) is 4.25. The fourth-order valence-electron chi connectivity index (χ4n) is 4.25. The molecule has 0 atom stereocenters. The van der Waals surface area contributed by atoms with Crippen molar-refractivity contribution >= 4 is 11.9 Å². The second-order valence-electron chi connectivity index (χ2n) is 9.69. The third-order valence-electron chi connectivity index (χ3n) is 6.91. The minimum atomic E-state index is -0.715. The third kappa shape index (κ3) is 6.32. The standard InChI is InChI=1S/C25H38O4/c1-18-12-13-20(10-6-5-8-14-24(3,4)22(26)27)19(2)21(18)11-7-9-15-25(16-17-25)23(28)29/h12-13H,5-11,14-17H2,1-4H3,(H,26,27)(H,28,29). The van der Waals surface area contributed by atoms with Crippen LogP contribution in [-0.2, 0) is 22.4 Å². The minimum absolute atomic E-state index is 0.402. The van der Waals surface area contributed by atoms with Gasteiger partial charge < -0.3 is 10.2 Å². The molecule has 0 heterocycles. The van der Waals surface area contributed by atoms with E-state index in [4.69, 9.17) is 0 Å². The molecule has 162 valence electrons. The summed E-state index contributed by atoms with van der Waals surface area (Å²) in [4.78, 5) is 22.5. The average Bonchev–Trinajstić information content (AvgIpc) is 3.43. The smallest absolute Gasteiger partial charge is 0.309 e. The lowest BCUT2D eigenvalue weighted by Gasteiger charge is -2.18. The molecule has 0 unspecified atom stereocenters. The van der Waals surface area contributed by atoms with E-state index in [0.29, 0.717) is 0 Å². The van der Waals surface area contributed by atoms with Gasteiger partial charge in [0.25, 0.3) is 0 Å². The van der Waals surface area contributed by atoms with Gasteiger partial charge >= 0.3 is 11.9 Å². The van der Waals surface area contributed by atoms with E-state index in [-0.39, 0.29) is 0 Å². The Hall–Kier alpha value is -1.84. The maximum Gasteiger partial charge on any atom is 0.309 e. The summed E-state index contributed by atoms with van der Waals surface area (Å²) in [6.07, 6.45) is 10.4. The number of hydrogen-bond acceptors (Lipinski definition) is 2. The number of aliphatic carboxylic acids is 2. The first-order chi connectivity index (χ1) is 13.6. The second kappa shape index (κ2) is 9.77. The molecule has 2 rings (SSSR count). The molecular formula is C25H38O4. The SMILES string of the molecule is Cc1ccc(CCCCCC(C)(C)C(=O)O)c(C)c1CCCCC1(C(=O)O)CC1. The Morgan fingerprint density at radius 2 is 1.62 bits per heavy atom. The summed E-state index contributed by atoms with van der Waals surface area (Å²) in [5.74, 6) is -1.33. The molecule has 0 aliphatic heterocycles. The Labute approximate surface area is 175 Å². The Balaban J connectivity index is 1.80. The fraction of sp³-hybridized carbons (Fsp3) is 0.680. The van der Waals surface area contributed by atoms with Gasteiger partial charge in [-0.05, 0) is 101 Å². The van der Waals surface area contributed by atoms with Crippen molar-refractivity contribution in [2.45, 2.75) is 98.3 Å². The molecule has 1 aliphatic rings. The molecule has 1 saturated carbocycles. The van der Waals surface area contributed by atoms with Gasteiger partial charge in [-0.3, -0.25) is 9.59 Å². The van der Waals surface area contributed by atoms with Gasteiger partial charge in [-0.2, -0.15) is 0 Å². The molecular weight excluding hydrogens is 364 g/mol. The van der Waals surface area contributed by atoms with Gasteiger partial charge in [0.1, 0.15) is 0 Å². The van der Waals surface area contributed by atoms with Gasteiger partial charge in [-0.15, -0.1) is 0 Å². The highest BCUT2D eigenvalue weighted by Gasteiger charge is 2.49. The van der Waals surface area contributed by atoms with Crippen LogP contribution in [0.2, 0.25) is 0 Å². The van der Waals surface area contributed by atoms with Crippen molar-refractivity contribution in [3.63, 3.8) is 0 Å². The van der Waals surface area contributed by atoms with Crippen LogP contribution in [0, 0.1) is 24.7 Å². The molecule has 0 aromatic heterocycles. The predicted molar refractivity (Wildman–Crippen MR) is 116 cm³/mol. The number of carboxylic acids is 2. The predicted octanol–water partition coefficient (Wildman–Crippen LogP) is 6.09. The van der Waals surface area contributed by atoms with E-state index in [0.717, 1.165) is 70.6 Å². The van der Waals surface area contributed by atoms with Gasteiger partial charge in [-0.1, -0.05) is 31.4 Å². The maximum absolute atomic E-state index is 11.3. The van der Waals surface area contributed by atoms with Crippen LogP contribution in [0.3, 0.4) is 0 Å². The lowest BCUT2D eigenvalue weighted by atomic mass is 9.86.